The van der Waals surface area contributed by atoms with Crippen LogP contribution in [-0.2, 0) is 15.2 Å². The highest BCUT2D eigenvalue weighted by molar-refractivity contribution is 5.96. The predicted octanol–water partition coefficient (Wildman–Crippen LogP) is 2.50. The van der Waals surface area contributed by atoms with Crippen molar-refractivity contribution >= 4 is 11.8 Å². The number of hydrogen-bond donors (Lipinski definition) is 2. The largest absolute Gasteiger partial charge is 0.481 e. The first-order chi connectivity index (χ1) is 13.7. The minimum atomic E-state index is -4.70. The van der Waals surface area contributed by atoms with Gasteiger partial charge in [-0.15, -0.1) is 0 Å². The average molecular weight is 435 g/mol. The van der Waals surface area contributed by atoms with E-state index in [4.69, 9.17) is 9.47 Å². The molecule has 0 saturated carbocycles. The van der Waals surface area contributed by atoms with Crippen LogP contribution in [0.3, 0.4) is 0 Å². The highest BCUT2D eigenvalue weighted by Crippen LogP contribution is 2.40. The third kappa shape index (κ3) is 5.18. The molecule has 168 valence electrons. The lowest BCUT2D eigenvalue weighted by Gasteiger charge is -2.35. The van der Waals surface area contributed by atoms with Crippen LogP contribution in [0.4, 0.5) is 17.6 Å². The van der Waals surface area contributed by atoms with Gasteiger partial charge in [0, 0.05) is 19.3 Å². The molecule has 2 amide bonds. The summed E-state index contributed by atoms with van der Waals surface area (Å²) in [4.78, 5) is 28.6. The molecule has 1 saturated heterocycles. The quantitative estimate of drug-likeness (QED) is 0.671. The lowest BCUT2D eigenvalue weighted by Crippen LogP contribution is -2.53. The second kappa shape index (κ2) is 8.37. The van der Waals surface area contributed by atoms with Gasteiger partial charge in [0.25, 0.3) is 5.91 Å². The van der Waals surface area contributed by atoms with Gasteiger partial charge >= 0.3 is 6.18 Å². The first-order valence-electron chi connectivity index (χ1n) is 9.22. The van der Waals surface area contributed by atoms with Crippen LogP contribution < -0.4 is 15.4 Å². The Balaban J connectivity index is 2.37. The summed E-state index contributed by atoms with van der Waals surface area (Å²) in [5.74, 6) is -1.73. The van der Waals surface area contributed by atoms with Crippen molar-refractivity contribution in [3.63, 3.8) is 0 Å². The van der Waals surface area contributed by atoms with Crippen molar-refractivity contribution in [2.24, 2.45) is 5.41 Å². The number of rotatable bonds is 6. The molecule has 2 heterocycles. The summed E-state index contributed by atoms with van der Waals surface area (Å²) < 4.78 is 63.5. The van der Waals surface area contributed by atoms with E-state index in [-0.39, 0.29) is 24.5 Å². The first kappa shape index (κ1) is 23.8. The predicted molar refractivity (Wildman–Crippen MR) is 98.8 cm³/mol. The Hall–Kier alpha value is -2.43. The number of pyridine rings is 1. The van der Waals surface area contributed by atoms with Crippen LogP contribution in [0.25, 0.3) is 0 Å². The van der Waals surface area contributed by atoms with Crippen LogP contribution >= 0.6 is 0 Å². The maximum atomic E-state index is 14.8. The van der Waals surface area contributed by atoms with Crippen molar-refractivity contribution in [1.82, 2.24) is 15.6 Å². The van der Waals surface area contributed by atoms with E-state index in [0.29, 0.717) is 0 Å². The van der Waals surface area contributed by atoms with E-state index in [1.807, 2.05) is 0 Å². The number of amides is 2. The molecule has 1 fully saturated rings. The van der Waals surface area contributed by atoms with E-state index >= 15 is 0 Å². The zero-order chi connectivity index (χ0) is 22.9. The van der Waals surface area contributed by atoms with Gasteiger partial charge in [-0.05, 0) is 12.3 Å². The molecule has 0 unspecified atom stereocenters. The van der Waals surface area contributed by atoms with Crippen molar-refractivity contribution in [2.45, 2.75) is 51.7 Å². The van der Waals surface area contributed by atoms with E-state index in [1.54, 1.807) is 20.8 Å². The molecular formula is C19H25F4N3O4. The van der Waals surface area contributed by atoms with Gasteiger partial charge in [0.05, 0.1) is 18.8 Å². The lowest BCUT2D eigenvalue weighted by atomic mass is 9.86. The molecule has 7 nitrogen and oxygen atoms in total. The minimum Gasteiger partial charge on any atom is -0.481 e. The fourth-order valence-electron chi connectivity index (χ4n) is 2.71. The molecule has 11 heteroatoms. The van der Waals surface area contributed by atoms with Crippen molar-refractivity contribution < 1.29 is 36.6 Å². The van der Waals surface area contributed by atoms with Crippen molar-refractivity contribution in [1.29, 1.82) is 0 Å². The maximum Gasteiger partial charge on any atom is 0.425 e. The van der Waals surface area contributed by atoms with Crippen molar-refractivity contribution in [3.8, 4) is 5.75 Å². The van der Waals surface area contributed by atoms with Gasteiger partial charge in [-0.2, -0.15) is 13.2 Å². The molecule has 1 aromatic heterocycles. The Labute approximate surface area is 171 Å². The smallest absolute Gasteiger partial charge is 0.425 e. The molecule has 0 radical (unpaired) electrons. The van der Waals surface area contributed by atoms with Crippen molar-refractivity contribution in [3.05, 3.63) is 23.5 Å². The Morgan fingerprint density at radius 2 is 1.87 bits per heavy atom. The molecule has 2 N–H and O–H groups in total. The second-order valence-corrected chi connectivity index (χ2v) is 8.21. The molecule has 0 spiro atoms. The van der Waals surface area contributed by atoms with Crippen molar-refractivity contribution in [2.75, 3.05) is 20.3 Å². The van der Waals surface area contributed by atoms with E-state index in [0.717, 1.165) is 19.2 Å². The van der Waals surface area contributed by atoms with E-state index in [9.17, 15) is 27.2 Å². The van der Waals surface area contributed by atoms with Gasteiger partial charge in [0.1, 0.15) is 17.5 Å². The Kier molecular flexibility index (Phi) is 6.65. The molecule has 2 atom stereocenters. The number of nitrogens with zero attached hydrogens (tertiary/aromatic N) is 1. The van der Waals surface area contributed by atoms with Gasteiger partial charge in [-0.1, -0.05) is 20.8 Å². The highest BCUT2D eigenvalue weighted by atomic mass is 19.4. The summed E-state index contributed by atoms with van der Waals surface area (Å²) in [5.41, 5.74) is -3.27. The lowest BCUT2D eigenvalue weighted by molar-refractivity contribution is -0.190. The number of aromatic nitrogens is 1. The molecular weight excluding hydrogens is 410 g/mol. The van der Waals surface area contributed by atoms with E-state index < -0.39 is 47.0 Å². The molecule has 0 bridgehead atoms. The molecule has 2 rings (SSSR count). The summed E-state index contributed by atoms with van der Waals surface area (Å²) in [6, 6.07) is -0.00153. The van der Waals surface area contributed by atoms with Crippen LogP contribution in [-0.4, -0.2) is 55.4 Å². The summed E-state index contributed by atoms with van der Waals surface area (Å²) in [7, 11) is 1.41. The van der Waals surface area contributed by atoms with Crippen LogP contribution in [0.2, 0.25) is 0 Å². The first-order valence-corrected chi connectivity index (χ1v) is 9.22. The molecule has 0 aromatic carbocycles. The Bertz CT molecular complexity index is 804. The van der Waals surface area contributed by atoms with Crippen LogP contribution in [0.1, 0.15) is 43.7 Å². The number of hydrogen-bond acceptors (Lipinski definition) is 5. The third-order valence-electron chi connectivity index (χ3n) is 4.66. The summed E-state index contributed by atoms with van der Waals surface area (Å²) >= 11 is 0. The molecule has 1 aliphatic rings. The monoisotopic (exact) mass is 435 g/mol. The van der Waals surface area contributed by atoms with Crippen LogP contribution in [0, 0.1) is 5.41 Å². The number of carbonyl (C=O) groups excluding carboxylic acids is 2. The molecule has 1 aliphatic heterocycles. The summed E-state index contributed by atoms with van der Waals surface area (Å²) in [6.45, 7) is 5.24. The number of alkyl halides is 4. The average Bonchev–Trinajstić information content (AvgIpc) is 2.61. The molecule has 30 heavy (non-hydrogen) atoms. The number of halogens is 4. The minimum absolute atomic E-state index is 0.236. The van der Waals surface area contributed by atoms with Crippen LogP contribution in [0.5, 0.6) is 5.75 Å². The van der Waals surface area contributed by atoms with Gasteiger partial charge in [0.2, 0.25) is 5.91 Å². The number of likely N-dealkylation sites (N-methyl/N-ethyl adjacent to an activating group) is 1. The summed E-state index contributed by atoms with van der Waals surface area (Å²) in [5, 5.41) is 4.95. The normalized spacial score (nSPS) is 18.0. The molecule has 1 aromatic rings. The van der Waals surface area contributed by atoms with Gasteiger partial charge in [0.15, 0.2) is 11.8 Å². The standard InChI is InChI=1S/C19H25F4N3O4/c1-10(19(21,22)23)30-13-6-12(25-7-11(13)18(20)8-29-9-18)15(27)26-14(16(28)24-5)17(2,3)4/h6-7,10,14H,8-9H2,1-5H3,(H,24,28)(H,26,27)/t10-,14+/m0/s1. The highest BCUT2D eigenvalue weighted by Gasteiger charge is 2.45. The number of nitrogens with one attached hydrogen (secondary N) is 2. The summed E-state index contributed by atoms with van der Waals surface area (Å²) in [6.07, 6.45) is -5.98. The van der Waals surface area contributed by atoms with Crippen LogP contribution in [0.15, 0.2) is 12.3 Å². The van der Waals surface area contributed by atoms with E-state index in [2.05, 4.69) is 15.6 Å². The fourth-order valence-corrected chi connectivity index (χ4v) is 2.71. The zero-order valence-electron chi connectivity index (χ0n) is 17.3. The van der Waals surface area contributed by atoms with Gasteiger partial charge in [-0.25, -0.2) is 4.39 Å². The van der Waals surface area contributed by atoms with Gasteiger partial charge < -0.3 is 20.1 Å². The molecule has 0 aliphatic carbocycles. The third-order valence-corrected chi connectivity index (χ3v) is 4.66. The topological polar surface area (TPSA) is 89.6 Å². The maximum absolute atomic E-state index is 14.8. The fraction of sp³-hybridized carbons (Fsp3) is 0.632. The number of ether oxygens (including phenoxy) is 2. The number of carbonyl (C=O) groups is 2. The Morgan fingerprint density at radius 1 is 1.27 bits per heavy atom. The SMILES string of the molecule is CNC(=O)[C@@H](NC(=O)c1cc(O[C@@H](C)C(F)(F)F)c(C2(F)COC2)cn1)C(C)(C)C. The second-order valence-electron chi connectivity index (χ2n) is 8.21. The Morgan fingerprint density at radius 3 is 2.30 bits per heavy atom. The zero-order valence-corrected chi connectivity index (χ0v) is 17.3. The van der Waals surface area contributed by atoms with Gasteiger partial charge in [-0.3, -0.25) is 14.6 Å². The van der Waals surface area contributed by atoms with E-state index in [1.165, 1.54) is 7.05 Å².